The van der Waals surface area contributed by atoms with E-state index >= 15 is 0 Å². The van der Waals surface area contributed by atoms with Gasteiger partial charge in [0.15, 0.2) is 5.82 Å². The molecule has 6 nitrogen and oxygen atoms in total. The second kappa shape index (κ2) is 8.12. The van der Waals surface area contributed by atoms with Gasteiger partial charge in [-0.2, -0.15) is 0 Å². The summed E-state index contributed by atoms with van der Waals surface area (Å²) in [6, 6.07) is 1.77. The molecule has 24 heavy (non-hydrogen) atoms. The van der Waals surface area contributed by atoms with Crippen molar-refractivity contribution < 1.29 is 9.53 Å². The molecule has 0 saturated carbocycles. The van der Waals surface area contributed by atoms with Gasteiger partial charge in [-0.3, -0.25) is 4.79 Å². The minimum Gasteiger partial charge on any atom is -0.460 e. The van der Waals surface area contributed by atoms with Gasteiger partial charge in [-0.05, 0) is 45.4 Å². The van der Waals surface area contributed by atoms with E-state index in [0.29, 0.717) is 18.8 Å². The van der Waals surface area contributed by atoms with Crippen LogP contribution in [0.15, 0.2) is 30.7 Å². The Morgan fingerprint density at radius 1 is 1.29 bits per heavy atom. The molecule has 0 spiro atoms. The largest absolute Gasteiger partial charge is 0.460 e. The van der Waals surface area contributed by atoms with Gasteiger partial charge in [0.25, 0.3) is 0 Å². The molecule has 0 saturated heterocycles. The number of carbonyl (C=O) groups is 1. The molecular weight excluding hydrogens is 324 g/mol. The van der Waals surface area contributed by atoms with Crippen molar-refractivity contribution in [2.24, 2.45) is 5.73 Å². The third-order valence-corrected chi connectivity index (χ3v) is 3.98. The highest BCUT2D eigenvalue weighted by Gasteiger charge is 2.16. The molecule has 2 aromatic heterocycles. The summed E-state index contributed by atoms with van der Waals surface area (Å²) in [6.45, 7) is 6.03. The van der Waals surface area contributed by atoms with E-state index < -0.39 is 5.60 Å². The van der Waals surface area contributed by atoms with Crippen LogP contribution in [-0.4, -0.2) is 33.1 Å². The number of thiazole rings is 1. The Bertz CT molecular complexity index is 705. The summed E-state index contributed by atoms with van der Waals surface area (Å²) < 4.78 is 5.32. The fourth-order valence-corrected chi connectivity index (χ4v) is 2.93. The number of ether oxygens (including phenoxy) is 1. The van der Waals surface area contributed by atoms with Crippen molar-refractivity contribution in [2.45, 2.75) is 39.2 Å². The maximum Gasteiger partial charge on any atom is 0.310 e. The van der Waals surface area contributed by atoms with Gasteiger partial charge in [0.1, 0.15) is 10.6 Å². The fourth-order valence-electron chi connectivity index (χ4n) is 1.99. The molecule has 0 fully saturated rings. The van der Waals surface area contributed by atoms with Gasteiger partial charge < -0.3 is 10.5 Å². The smallest absolute Gasteiger partial charge is 0.310 e. The highest BCUT2D eigenvalue weighted by molar-refractivity contribution is 7.16. The van der Waals surface area contributed by atoms with Crippen molar-refractivity contribution in [2.75, 3.05) is 6.54 Å². The summed E-state index contributed by atoms with van der Waals surface area (Å²) in [4.78, 5) is 25.6. The van der Waals surface area contributed by atoms with Crippen LogP contribution in [0.3, 0.4) is 0 Å². The first-order valence-electron chi connectivity index (χ1n) is 7.73. The van der Waals surface area contributed by atoms with Gasteiger partial charge in [0.2, 0.25) is 0 Å². The highest BCUT2D eigenvalue weighted by atomic mass is 32.1. The standard InChI is InChI=1S/C17H22N4O2S/c1-17(2,3)23-14(22)6-5-12(7-8-18)16-21-11-13(24-16)15-19-9-4-10-20-15/h4-5,9-11H,6-8,18H2,1-3H3. The van der Waals surface area contributed by atoms with Crippen molar-refractivity contribution in [1.82, 2.24) is 15.0 Å². The molecule has 0 aliphatic carbocycles. The Kier molecular flexibility index (Phi) is 6.16. The molecule has 2 rings (SSSR count). The molecule has 0 aliphatic rings. The van der Waals surface area contributed by atoms with E-state index in [9.17, 15) is 4.79 Å². The summed E-state index contributed by atoms with van der Waals surface area (Å²) in [6.07, 6.45) is 7.82. The summed E-state index contributed by atoms with van der Waals surface area (Å²) in [5.41, 5.74) is 6.14. The third kappa shape index (κ3) is 5.50. The van der Waals surface area contributed by atoms with Crippen LogP contribution in [0.5, 0.6) is 0 Å². The van der Waals surface area contributed by atoms with Gasteiger partial charge in [-0.25, -0.2) is 15.0 Å². The van der Waals surface area contributed by atoms with Crippen molar-refractivity contribution in [1.29, 1.82) is 0 Å². The van der Waals surface area contributed by atoms with Gasteiger partial charge >= 0.3 is 5.97 Å². The van der Waals surface area contributed by atoms with E-state index in [1.54, 1.807) is 24.7 Å². The quantitative estimate of drug-likeness (QED) is 0.808. The predicted molar refractivity (Wildman–Crippen MR) is 95.3 cm³/mol. The molecule has 0 atom stereocenters. The number of nitrogens with two attached hydrogens (primary N) is 1. The third-order valence-electron chi connectivity index (χ3n) is 2.92. The average molecular weight is 346 g/mol. The van der Waals surface area contributed by atoms with Crippen LogP contribution in [0.4, 0.5) is 0 Å². The fraction of sp³-hybridized carbons (Fsp3) is 0.412. The maximum absolute atomic E-state index is 11.9. The monoisotopic (exact) mass is 346 g/mol. The molecule has 0 radical (unpaired) electrons. The van der Waals surface area contributed by atoms with Gasteiger partial charge in [0, 0.05) is 18.6 Å². The number of hydrogen-bond acceptors (Lipinski definition) is 7. The van der Waals surface area contributed by atoms with Crippen LogP contribution in [0.2, 0.25) is 0 Å². The average Bonchev–Trinajstić information content (AvgIpc) is 3.00. The van der Waals surface area contributed by atoms with E-state index in [0.717, 1.165) is 15.5 Å². The molecule has 0 amide bonds. The number of aromatic nitrogens is 3. The first kappa shape index (κ1) is 18.2. The van der Waals surface area contributed by atoms with Crippen LogP contribution in [0, 0.1) is 0 Å². The number of nitrogens with zero attached hydrogens (tertiary/aromatic N) is 3. The Hall–Kier alpha value is -2.12. The minimum absolute atomic E-state index is 0.198. The second-order valence-electron chi connectivity index (χ2n) is 6.16. The van der Waals surface area contributed by atoms with Gasteiger partial charge in [0.05, 0.1) is 11.3 Å². The number of hydrogen-bond donors (Lipinski definition) is 1. The zero-order valence-corrected chi connectivity index (χ0v) is 15.0. The summed E-state index contributed by atoms with van der Waals surface area (Å²) in [5, 5.41) is 0.825. The molecule has 128 valence electrons. The first-order chi connectivity index (χ1) is 11.4. The van der Waals surface area contributed by atoms with Crippen LogP contribution in [0.25, 0.3) is 16.3 Å². The number of esters is 1. The van der Waals surface area contributed by atoms with E-state index in [-0.39, 0.29) is 12.4 Å². The predicted octanol–water partition coefficient (Wildman–Crippen LogP) is 3.06. The molecule has 7 heteroatoms. The van der Waals surface area contributed by atoms with Gasteiger partial charge in [-0.1, -0.05) is 6.08 Å². The molecule has 2 N–H and O–H groups in total. The lowest BCUT2D eigenvalue weighted by Crippen LogP contribution is -2.23. The van der Waals surface area contributed by atoms with E-state index in [4.69, 9.17) is 10.5 Å². The summed E-state index contributed by atoms with van der Waals surface area (Å²) in [5.74, 6) is 0.376. The first-order valence-corrected chi connectivity index (χ1v) is 8.55. The van der Waals surface area contributed by atoms with Gasteiger partial charge in [-0.15, -0.1) is 11.3 Å². The van der Waals surface area contributed by atoms with Crippen LogP contribution in [-0.2, 0) is 9.53 Å². The summed E-state index contributed by atoms with van der Waals surface area (Å²) >= 11 is 1.49. The van der Waals surface area contributed by atoms with Crippen molar-refractivity contribution in [3.05, 3.63) is 35.7 Å². The van der Waals surface area contributed by atoms with Crippen LogP contribution >= 0.6 is 11.3 Å². The molecule has 0 aromatic carbocycles. The Morgan fingerprint density at radius 2 is 2.00 bits per heavy atom. The number of carbonyl (C=O) groups excluding carboxylic acids is 1. The molecule has 2 aromatic rings. The van der Waals surface area contributed by atoms with E-state index in [1.807, 2.05) is 26.8 Å². The van der Waals surface area contributed by atoms with Crippen LogP contribution < -0.4 is 5.73 Å². The SMILES string of the molecule is CC(C)(C)OC(=O)CC=C(CCN)c1ncc(-c2ncccn2)s1. The lowest BCUT2D eigenvalue weighted by atomic mass is 10.1. The topological polar surface area (TPSA) is 91.0 Å². The lowest BCUT2D eigenvalue weighted by Gasteiger charge is -2.19. The lowest BCUT2D eigenvalue weighted by molar-refractivity contribution is -0.153. The zero-order valence-electron chi connectivity index (χ0n) is 14.2. The molecule has 2 heterocycles. The zero-order chi connectivity index (χ0) is 17.6. The van der Waals surface area contributed by atoms with Crippen LogP contribution in [0.1, 0.15) is 38.6 Å². The second-order valence-corrected chi connectivity index (χ2v) is 7.19. The Morgan fingerprint density at radius 3 is 2.62 bits per heavy atom. The van der Waals surface area contributed by atoms with E-state index in [1.165, 1.54) is 11.3 Å². The molecule has 0 unspecified atom stereocenters. The minimum atomic E-state index is -0.488. The van der Waals surface area contributed by atoms with E-state index in [2.05, 4.69) is 15.0 Å². The molecule has 0 aliphatic heterocycles. The normalized spacial score (nSPS) is 12.2. The van der Waals surface area contributed by atoms with Crippen molar-refractivity contribution >= 4 is 22.9 Å². The highest BCUT2D eigenvalue weighted by Crippen LogP contribution is 2.29. The van der Waals surface area contributed by atoms with Crippen molar-refractivity contribution in [3.8, 4) is 10.7 Å². The Labute approximate surface area is 145 Å². The van der Waals surface area contributed by atoms with Crippen molar-refractivity contribution in [3.63, 3.8) is 0 Å². The maximum atomic E-state index is 11.9. The number of rotatable bonds is 6. The summed E-state index contributed by atoms with van der Waals surface area (Å²) in [7, 11) is 0. The molecular formula is C17H22N4O2S. The Balaban J connectivity index is 2.14. The molecule has 0 bridgehead atoms.